The van der Waals surface area contributed by atoms with E-state index in [2.05, 4.69) is 4.98 Å². The van der Waals surface area contributed by atoms with Crippen molar-refractivity contribution in [3.05, 3.63) is 78.9 Å². The predicted molar refractivity (Wildman–Crippen MR) is 91.5 cm³/mol. The Bertz CT molecular complexity index is 987. The molecular weight excluding hydrogens is 287 g/mol. The van der Waals surface area contributed by atoms with Gasteiger partial charge in [0.05, 0.1) is 0 Å². The first kappa shape index (κ1) is 13.7. The van der Waals surface area contributed by atoms with Crippen molar-refractivity contribution in [1.29, 1.82) is 0 Å². The first-order valence-corrected chi connectivity index (χ1v) is 7.49. The number of benzene rings is 2. The molecule has 0 saturated carbocycles. The molecule has 4 aromatic rings. The van der Waals surface area contributed by atoms with Crippen LogP contribution >= 0.6 is 0 Å². The minimum Gasteiger partial charge on any atom is -0.336 e. The van der Waals surface area contributed by atoms with Gasteiger partial charge in [0, 0.05) is 41.5 Å². The molecule has 0 amide bonds. The molecule has 0 unspecified atom stereocenters. The monoisotopic (exact) mass is 302 g/mol. The molecule has 112 valence electrons. The first-order valence-electron chi connectivity index (χ1n) is 7.49. The molecule has 2 aromatic heterocycles. The largest absolute Gasteiger partial charge is 0.336 e. The zero-order chi connectivity index (χ0) is 15.8. The minimum absolute atomic E-state index is 0.212. The maximum absolute atomic E-state index is 15.0. The van der Waals surface area contributed by atoms with E-state index >= 15 is 4.39 Å². The lowest BCUT2D eigenvalue weighted by molar-refractivity contribution is 0.635. The molecule has 3 heteroatoms. The average Bonchev–Trinajstić information content (AvgIpc) is 2.96. The molecular formula is C20H15FN2. The summed E-state index contributed by atoms with van der Waals surface area (Å²) in [7, 11) is 1.95. The molecule has 0 spiro atoms. The van der Waals surface area contributed by atoms with Crippen LogP contribution in [0.2, 0.25) is 0 Å². The number of halogens is 1. The summed E-state index contributed by atoms with van der Waals surface area (Å²) in [6.07, 6.45) is 3.69. The smallest absolute Gasteiger partial charge is 0.139 e. The number of rotatable bonds is 2. The van der Waals surface area contributed by atoms with E-state index in [1.165, 1.54) is 0 Å². The quantitative estimate of drug-likeness (QED) is 0.507. The van der Waals surface area contributed by atoms with Gasteiger partial charge in [0.2, 0.25) is 0 Å². The molecule has 23 heavy (non-hydrogen) atoms. The van der Waals surface area contributed by atoms with Gasteiger partial charge in [0.15, 0.2) is 0 Å². The van der Waals surface area contributed by atoms with Gasteiger partial charge >= 0.3 is 0 Å². The number of pyridine rings is 1. The van der Waals surface area contributed by atoms with Crippen molar-refractivity contribution in [2.24, 2.45) is 7.05 Å². The molecule has 0 bridgehead atoms. The summed E-state index contributed by atoms with van der Waals surface area (Å²) in [6, 6.07) is 19.1. The highest BCUT2D eigenvalue weighted by atomic mass is 19.1. The summed E-state index contributed by atoms with van der Waals surface area (Å²) < 4.78 is 17.0. The standard InChI is InChI=1S/C20H15FN2/c1-23-11-10-15-12-16(13-22-20(15)23)18-9-5-8-17(19(18)21)14-6-3-2-4-7-14/h2-13H,1H3. The van der Waals surface area contributed by atoms with Crippen molar-refractivity contribution >= 4 is 11.0 Å². The zero-order valence-electron chi connectivity index (χ0n) is 12.7. The topological polar surface area (TPSA) is 17.8 Å². The van der Waals surface area contributed by atoms with Crippen LogP contribution in [0.4, 0.5) is 4.39 Å². The van der Waals surface area contributed by atoms with Crippen LogP contribution in [0.3, 0.4) is 0 Å². The Hall–Kier alpha value is -2.94. The highest BCUT2D eigenvalue weighted by molar-refractivity contribution is 5.83. The second-order valence-electron chi connectivity index (χ2n) is 5.60. The van der Waals surface area contributed by atoms with E-state index < -0.39 is 0 Å². The van der Waals surface area contributed by atoms with Crippen LogP contribution in [-0.4, -0.2) is 9.55 Å². The molecule has 0 saturated heterocycles. The Balaban J connectivity index is 1.88. The molecule has 2 heterocycles. The fourth-order valence-corrected chi connectivity index (χ4v) is 2.90. The van der Waals surface area contributed by atoms with Crippen LogP contribution in [0.15, 0.2) is 73.1 Å². The van der Waals surface area contributed by atoms with Gasteiger partial charge < -0.3 is 4.57 Å². The van der Waals surface area contributed by atoms with Gasteiger partial charge in [-0.15, -0.1) is 0 Å². The van der Waals surface area contributed by atoms with Gasteiger partial charge in [-0.1, -0.05) is 48.5 Å². The van der Waals surface area contributed by atoms with Crippen LogP contribution in [0.5, 0.6) is 0 Å². The van der Waals surface area contributed by atoms with Crippen LogP contribution in [-0.2, 0) is 7.05 Å². The summed E-state index contributed by atoms with van der Waals surface area (Å²) in [6.45, 7) is 0. The fraction of sp³-hybridized carbons (Fsp3) is 0.0500. The summed E-state index contributed by atoms with van der Waals surface area (Å²) in [5.41, 5.74) is 3.74. The number of fused-ring (bicyclic) bond motifs is 1. The van der Waals surface area contributed by atoms with Crippen molar-refractivity contribution in [3.8, 4) is 22.3 Å². The third kappa shape index (κ3) is 2.30. The van der Waals surface area contributed by atoms with Crippen molar-refractivity contribution in [2.45, 2.75) is 0 Å². The minimum atomic E-state index is -0.212. The number of aryl methyl sites for hydroxylation is 1. The third-order valence-corrected chi connectivity index (χ3v) is 4.10. The van der Waals surface area contributed by atoms with E-state index in [9.17, 15) is 0 Å². The Kier molecular flexibility index (Phi) is 3.19. The summed E-state index contributed by atoms with van der Waals surface area (Å²) in [4.78, 5) is 4.46. The number of nitrogens with zero attached hydrogens (tertiary/aromatic N) is 2. The summed E-state index contributed by atoms with van der Waals surface area (Å²) in [5, 5.41) is 1.01. The summed E-state index contributed by atoms with van der Waals surface area (Å²) >= 11 is 0. The predicted octanol–water partition coefficient (Wildman–Crippen LogP) is 5.05. The normalized spacial score (nSPS) is 11.0. The van der Waals surface area contributed by atoms with Gasteiger partial charge in [0.1, 0.15) is 11.5 Å². The van der Waals surface area contributed by atoms with Crippen molar-refractivity contribution in [2.75, 3.05) is 0 Å². The molecule has 0 aliphatic rings. The fourth-order valence-electron chi connectivity index (χ4n) is 2.90. The third-order valence-electron chi connectivity index (χ3n) is 4.10. The van der Waals surface area contributed by atoms with Gasteiger partial charge in [-0.25, -0.2) is 9.37 Å². The van der Waals surface area contributed by atoms with Crippen molar-refractivity contribution in [1.82, 2.24) is 9.55 Å². The van der Waals surface area contributed by atoms with E-state index in [1.54, 1.807) is 12.3 Å². The lowest BCUT2D eigenvalue weighted by Crippen LogP contribution is -1.92. The van der Waals surface area contributed by atoms with E-state index in [0.717, 1.165) is 22.2 Å². The van der Waals surface area contributed by atoms with Gasteiger partial charge in [-0.3, -0.25) is 0 Å². The Morgan fingerprint density at radius 2 is 1.61 bits per heavy atom. The van der Waals surface area contributed by atoms with Crippen LogP contribution in [0.1, 0.15) is 0 Å². The highest BCUT2D eigenvalue weighted by Gasteiger charge is 2.12. The molecule has 0 aliphatic carbocycles. The van der Waals surface area contributed by atoms with Crippen molar-refractivity contribution < 1.29 is 4.39 Å². The Morgan fingerprint density at radius 1 is 0.870 bits per heavy atom. The van der Waals surface area contributed by atoms with E-state index in [4.69, 9.17) is 0 Å². The molecule has 0 fully saturated rings. The zero-order valence-corrected chi connectivity index (χ0v) is 12.7. The molecule has 0 N–H and O–H groups in total. The van der Waals surface area contributed by atoms with Crippen LogP contribution in [0.25, 0.3) is 33.3 Å². The first-order chi connectivity index (χ1) is 11.2. The second-order valence-corrected chi connectivity index (χ2v) is 5.60. The lowest BCUT2D eigenvalue weighted by Gasteiger charge is -2.09. The second kappa shape index (κ2) is 5.36. The van der Waals surface area contributed by atoms with Crippen LogP contribution in [0, 0.1) is 5.82 Å². The molecule has 2 nitrogen and oxygen atoms in total. The Morgan fingerprint density at radius 3 is 2.39 bits per heavy atom. The molecule has 2 aromatic carbocycles. The Labute approximate surface area is 133 Å². The molecule has 0 radical (unpaired) electrons. The van der Waals surface area contributed by atoms with Crippen LogP contribution < -0.4 is 0 Å². The van der Waals surface area contributed by atoms with E-state index in [-0.39, 0.29) is 5.82 Å². The SMILES string of the molecule is Cn1ccc2cc(-c3cccc(-c4ccccc4)c3F)cnc21. The molecule has 4 rings (SSSR count). The number of hydrogen-bond donors (Lipinski definition) is 0. The highest BCUT2D eigenvalue weighted by Crippen LogP contribution is 2.31. The van der Waals surface area contributed by atoms with Gasteiger partial charge in [0.25, 0.3) is 0 Å². The van der Waals surface area contributed by atoms with Crippen molar-refractivity contribution in [3.63, 3.8) is 0 Å². The molecule has 0 atom stereocenters. The molecule has 0 aliphatic heterocycles. The lowest BCUT2D eigenvalue weighted by atomic mass is 9.98. The van der Waals surface area contributed by atoms with Gasteiger partial charge in [-0.05, 0) is 17.7 Å². The van der Waals surface area contributed by atoms with E-state index in [1.807, 2.05) is 72.4 Å². The maximum Gasteiger partial charge on any atom is 0.139 e. The van der Waals surface area contributed by atoms with Gasteiger partial charge in [-0.2, -0.15) is 0 Å². The number of hydrogen-bond acceptors (Lipinski definition) is 1. The maximum atomic E-state index is 15.0. The number of aromatic nitrogens is 2. The summed E-state index contributed by atoms with van der Waals surface area (Å²) in [5.74, 6) is -0.212. The average molecular weight is 302 g/mol. The van der Waals surface area contributed by atoms with E-state index in [0.29, 0.717) is 11.1 Å².